The molecule has 1 aromatic carbocycles. The second kappa shape index (κ2) is 13.3. The van der Waals surface area contributed by atoms with Crippen LogP contribution in [-0.4, -0.2) is 71.9 Å². The predicted octanol–water partition coefficient (Wildman–Crippen LogP) is 3.59. The van der Waals surface area contributed by atoms with Crippen LogP contribution in [0.5, 0.6) is 0 Å². The molecular formula is C23H35N3O2S2. The quantitative estimate of drug-likeness (QED) is 0.437. The van der Waals surface area contributed by atoms with Crippen molar-refractivity contribution in [2.24, 2.45) is 0 Å². The molecule has 0 spiro atoms. The maximum absolute atomic E-state index is 12.6. The fourth-order valence-corrected chi connectivity index (χ4v) is 7.03. The Labute approximate surface area is 189 Å². The standard InChI is InChI=1S/C23H35N3O2S2/c27-22(24-13-11-20-7-2-1-3-8-20)19-25-14-6-15-26(17-16-25)23(28)10-5-4-9-21-12-18-29-30-21/h1-3,7-8,21H,4-6,9-19H2,(H,24,27). The molecule has 5 nitrogen and oxygen atoms in total. The number of carbonyl (C=O) groups excluding carboxylic acids is 2. The lowest BCUT2D eigenvalue weighted by Crippen LogP contribution is -2.40. The fraction of sp³-hybridized carbons (Fsp3) is 0.652. The first kappa shape index (κ1) is 23.5. The van der Waals surface area contributed by atoms with Crippen molar-refractivity contribution in [2.45, 2.75) is 50.2 Å². The summed E-state index contributed by atoms with van der Waals surface area (Å²) in [5.74, 6) is 1.65. The second-order valence-corrected chi connectivity index (χ2v) is 11.0. The molecule has 3 rings (SSSR count). The lowest BCUT2D eigenvalue weighted by Gasteiger charge is -2.22. The molecule has 1 unspecified atom stereocenters. The minimum atomic E-state index is 0.0775. The zero-order valence-electron chi connectivity index (χ0n) is 17.9. The average Bonchev–Trinajstić information content (AvgIpc) is 3.17. The molecule has 7 heteroatoms. The van der Waals surface area contributed by atoms with Gasteiger partial charge in [0.25, 0.3) is 0 Å². The van der Waals surface area contributed by atoms with E-state index in [4.69, 9.17) is 0 Å². The molecule has 2 heterocycles. The molecule has 1 N–H and O–H groups in total. The number of hydrogen-bond acceptors (Lipinski definition) is 5. The first-order chi connectivity index (χ1) is 14.7. The van der Waals surface area contributed by atoms with E-state index >= 15 is 0 Å². The van der Waals surface area contributed by atoms with Crippen LogP contribution < -0.4 is 5.32 Å². The molecule has 2 fully saturated rings. The molecule has 1 atom stereocenters. The summed E-state index contributed by atoms with van der Waals surface area (Å²) in [6, 6.07) is 10.2. The first-order valence-electron chi connectivity index (χ1n) is 11.3. The summed E-state index contributed by atoms with van der Waals surface area (Å²) in [5.41, 5.74) is 1.24. The number of amides is 2. The van der Waals surface area contributed by atoms with E-state index in [2.05, 4.69) is 22.3 Å². The summed E-state index contributed by atoms with van der Waals surface area (Å²) >= 11 is 0. The highest BCUT2D eigenvalue weighted by atomic mass is 33.1. The van der Waals surface area contributed by atoms with Crippen LogP contribution in [-0.2, 0) is 16.0 Å². The van der Waals surface area contributed by atoms with Gasteiger partial charge in [0.1, 0.15) is 0 Å². The van der Waals surface area contributed by atoms with E-state index in [0.29, 0.717) is 19.5 Å². The highest BCUT2D eigenvalue weighted by Gasteiger charge is 2.21. The Balaban J connectivity index is 1.27. The van der Waals surface area contributed by atoms with Crippen molar-refractivity contribution in [3.05, 3.63) is 35.9 Å². The van der Waals surface area contributed by atoms with Crippen molar-refractivity contribution < 1.29 is 9.59 Å². The minimum Gasteiger partial charge on any atom is -0.355 e. The Bertz CT molecular complexity index is 653. The zero-order chi connectivity index (χ0) is 21.0. The smallest absolute Gasteiger partial charge is 0.234 e. The molecule has 2 saturated heterocycles. The van der Waals surface area contributed by atoms with Gasteiger partial charge in [-0.2, -0.15) is 0 Å². The van der Waals surface area contributed by atoms with E-state index in [9.17, 15) is 9.59 Å². The van der Waals surface area contributed by atoms with E-state index in [1.807, 2.05) is 44.7 Å². The van der Waals surface area contributed by atoms with Gasteiger partial charge in [0, 0.05) is 50.1 Å². The Morgan fingerprint density at radius 2 is 1.93 bits per heavy atom. The molecule has 1 aromatic rings. The van der Waals surface area contributed by atoms with Crippen molar-refractivity contribution in [2.75, 3.05) is 45.0 Å². The van der Waals surface area contributed by atoms with Gasteiger partial charge in [0.05, 0.1) is 6.54 Å². The van der Waals surface area contributed by atoms with E-state index in [1.54, 1.807) is 0 Å². The Hall–Kier alpha value is -1.18. The summed E-state index contributed by atoms with van der Waals surface area (Å²) < 4.78 is 0. The monoisotopic (exact) mass is 449 g/mol. The van der Waals surface area contributed by atoms with Gasteiger partial charge in [-0.3, -0.25) is 14.5 Å². The molecule has 0 radical (unpaired) electrons. The molecule has 0 bridgehead atoms. The Morgan fingerprint density at radius 1 is 1.07 bits per heavy atom. The van der Waals surface area contributed by atoms with Gasteiger partial charge < -0.3 is 10.2 Å². The highest BCUT2D eigenvalue weighted by Crippen LogP contribution is 2.39. The molecular weight excluding hydrogens is 414 g/mol. The molecule has 2 amide bonds. The van der Waals surface area contributed by atoms with Crippen LogP contribution in [0.2, 0.25) is 0 Å². The summed E-state index contributed by atoms with van der Waals surface area (Å²) in [7, 11) is 4.01. The van der Waals surface area contributed by atoms with Crippen LogP contribution in [0, 0.1) is 0 Å². The molecule has 0 aliphatic carbocycles. The molecule has 0 aromatic heterocycles. The van der Waals surface area contributed by atoms with Crippen molar-refractivity contribution in [3.8, 4) is 0 Å². The van der Waals surface area contributed by atoms with E-state index < -0.39 is 0 Å². The van der Waals surface area contributed by atoms with Crippen LogP contribution in [0.3, 0.4) is 0 Å². The third-order valence-electron chi connectivity index (χ3n) is 5.78. The van der Waals surface area contributed by atoms with Gasteiger partial charge >= 0.3 is 0 Å². The molecule has 0 saturated carbocycles. The molecule has 30 heavy (non-hydrogen) atoms. The predicted molar refractivity (Wildman–Crippen MR) is 128 cm³/mol. The van der Waals surface area contributed by atoms with Gasteiger partial charge in [-0.05, 0) is 37.7 Å². The summed E-state index contributed by atoms with van der Waals surface area (Å²) in [4.78, 5) is 29.0. The highest BCUT2D eigenvalue weighted by molar-refractivity contribution is 8.77. The van der Waals surface area contributed by atoms with Crippen LogP contribution in [0.4, 0.5) is 0 Å². The van der Waals surface area contributed by atoms with Crippen LogP contribution in [0.15, 0.2) is 30.3 Å². The minimum absolute atomic E-state index is 0.0775. The SMILES string of the molecule is O=C(CN1CCCN(C(=O)CCCCC2CCSS2)CC1)NCCc1ccccc1. The van der Waals surface area contributed by atoms with Crippen molar-refractivity contribution >= 4 is 33.4 Å². The summed E-state index contributed by atoms with van der Waals surface area (Å²) in [6.45, 7) is 4.32. The van der Waals surface area contributed by atoms with Gasteiger partial charge in [0.2, 0.25) is 11.8 Å². The van der Waals surface area contributed by atoms with Gasteiger partial charge in [-0.1, -0.05) is 58.3 Å². The van der Waals surface area contributed by atoms with Crippen molar-refractivity contribution in [1.82, 2.24) is 15.1 Å². The Morgan fingerprint density at radius 3 is 2.73 bits per heavy atom. The van der Waals surface area contributed by atoms with Crippen LogP contribution in [0.25, 0.3) is 0 Å². The van der Waals surface area contributed by atoms with E-state index in [0.717, 1.165) is 57.1 Å². The maximum atomic E-state index is 12.6. The van der Waals surface area contributed by atoms with E-state index in [-0.39, 0.29) is 11.8 Å². The molecule has 2 aliphatic heterocycles. The number of unbranched alkanes of at least 4 members (excludes halogenated alkanes) is 1. The third-order valence-corrected chi connectivity index (χ3v) is 8.79. The van der Waals surface area contributed by atoms with Gasteiger partial charge in [0.15, 0.2) is 0 Å². The van der Waals surface area contributed by atoms with Gasteiger partial charge in [-0.25, -0.2) is 0 Å². The van der Waals surface area contributed by atoms with Crippen LogP contribution >= 0.6 is 21.6 Å². The van der Waals surface area contributed by atoms with Crippen LogP contribution in [0.1, 0.15) is 44.1 Å². The topological polar surface area (TPSA) is 52.7 Å². The number of hydrogen-bond donors (Lipinski definition) is 1. The fourth-order valence-electron chi connectivity index (χ4n) is 4.00. The third kappa shape index (κ3) is 8.52. The normalized spacial score (nSPS) is 20.1. The lowest BCUT2D eigenvalue weighted by atomic mass is 10.1. The average molecular weight is 450 g/mol. The Kier molecular flexibility index (Phi) is 10.4. The summed E-state index contributed by atoms with van der Waals surface area (Å²) in [5, 5.41) is 3.83. The number of carbonyl (C=O) groups is 2. The number of nitrogens with one attached hydrogen (secondary N) is 1. The zero-order valence-corrected chi connectivity index (χ0v) is 19.5. The molecule has 166 valence electrons. The second-order valence-electron chi connectivity index (χ2n) is 8.17. The first-order valence-corrected chi connectivity index (χ1v) is 13.7. The number of rotatable bonds is 10. The summed E-state index contributed by atoms with van der Waals surface area (Å²) in [6.07, 6.45) is 7.21. The van der Waals surface area contributed by atoms with Crippen molar-refractivity contribution in [3.63, 3.8) is 0 Å². The number of benzene rings is 1. The molecule has 2 aliphatic rings. The van der Waals surface area contributed by atoms with Gasteiger partial charge in [-0.15, -0.1) is 0 Å². The number of nitrogens with zero attached hydrogens (tertiary/aromatic N) is 2. The van der Waals surface area contributed by atoms with Crippen molar-refractivity contribution in [1.29, 1.82) is 0 Å². The maximum Gasteiger partial charge on any atom is 0.234 e. The lowest BCUT2D eigenvalue weighted by molar-refractivity contribution is -0.131. The van der Waals surface area contributed by atoms with E-state index in [1.165, 1.54) is 24.2 Å². The largest absolute Gasteiger partial charge is 0.355 e.